The Balaban J connectivity index is 1.56. The molecule has 0 aliphatic carbocycles. The number of nitrogens with zero attached hydrogens (tertiary/aromatic N) is 3. The predicted octanol–water partition coefficient (Wildman–Crippen LogP) is 0.738. The summed E-state index contributed by atoms with van der Waals surface area (Å²) < 4.78 is 9.78. The number of piperidine rings is 1. The van der Waals surface area contributed by atoms with E-state index in [4.69, 9.17) is 4.74 Å². The zero-order chi connectivity index (χ0) is 12.7. The van der Waals surface area contributed by atoms with Gasteiger partial charge in [-0.3, -0.25) is 4.90 Å². The van der Waals surface area contributed by atoms with E-state index in [2.05, 4.69) is 19.8 Å². The van der Waals surface area contributed by atoms with Crippen LogP contribution in [0.4, 0.5) is 0 Å². The molecule has 3 saturated heterocycles. The van der Waals surface area contributed by atoms with Crippen LogP contribution in [0.25, 0.3) is 0 Å². The monoisotopic (exact) mass is 280 g/mol. The Morgan fingerprint density at radius 2 is 2.32 bits per heavy atom. The van der Waals surface area contributed by atoms with Crippen LogP contribution >= 0.6 is 11.5 Å². The molecule has 1 aromatic heterocycles. The Hall–Kier alpha value is -0.560. The highest BCUT2D eigenvalue weighted by molar-refractivity contribution is 7.05. The van der Waals surface area contributed by atoms with Gasteiger partial charge in [0.2, 0.25) is 0 Å². The van der Waals surface area contributed by atoms with Crippen LogP contribution in [0.1, 0.15) is 17.7 Å². The van der Waals surface area contributed by atoms with Crippen molar-refractivity contribution in [3.8, 4) is 0 Å². The second kappa shape index (κ2) is 4.77. The molecule has 0 saturated carbocycles. The van der Waals surface area contributed by atoms with E-state index in [1.54, 1.807) is 0 Å². The minimum atomic E-state index is 0.491. The first-order valence-corrected chi connectivity index (χ1v) is 7.93. The van der Waals surface area contributed by atoms with Gasteiger partial charge in [0.25, 0.3) is 0 Å². The summed E-state index contributed by atoms with van der Waals surface area (Å²) in [5, 5.41) is 7.45. The first-order chi connectivity index (χ1) is 9.37. The van der Waals surface area contributed by atoms with E-state index < -0.39 is 0 Å². The van der Waals surface area contributed by atoms with Crippen molar-refractivity contribution in [2.24, 2.45) is 11.3 Å². The molecule has 1 spiro atoms. The second-order valence-corrected chi connectivity index (χ2v) is 6.98. The first kappa shape index (κ1) is 12.2. The topological polar surface area (TPSA) is 50.3 Å². The molecule has 0 amide bonds. The van der Waals surface area contributed by atoms with E-state index in [0.717, 1.165) is 25.7 Å². The van der Waals surface area contributed by atoms with Crippen LogP contribution in [-0.2, 0) is 11.3 Å². The van der Waals surface area contributed by atoms with Crippen molar-refractivity contribution in [3.05, 3.63) is 11.1 Å². The van der Waals surface area contributed by atoms with Crippen molar-refractivity contribution in [1.82, 2.24) is 19.8 Å². The van der Waals surface area contributed by atoms with E-state index >= 15 is 0 Å². The fourth-order valence-corrected chi connectivity index (χ4v) is 4.73. The van der Waals surface area contributed by atoms with Gasteiger partial charge in [0.15, 0.2) is 0 Å². The van der Waals surface area contributed by atoms with Gasteiger partial charge in [0.05, 0.1) is 24.3 Å². The SMILES string of the molecule is c1nnsc1CN1CC2(CCNCC2)[C@@H]2COC[C@@H]21. The Bertz CT molecular complexity index is 432. The normalized spacial score (nSPS) is 33.9. The summed E-state index contributed by atoms with van der Waals surface area (Å²) >= 11 is 1.52. The van der Waals surface area contributed by atoms with Gasteiger partial charge in [0, 0.05) is 25.0 Å². The molecule has 1 aromatic rings. The van der Waals surface area contributed by atoms with Crippen LogP contribution in [0.15, 0.2) is 6.20 Å². The highest BCUT2D eigenvalue weighted by Gasteiger charge is 2.54. The minimum Gasteiger partial charge on any atom is -0.379 e. The molecule has 3 aliphatic rings. The number of aromatic nitrogens is 2. The molecule has 6 heteroatoms. The lowest BCUT2D eigenvalue weighted by molar-refractivity contribution is 0.0849. The molecule has 4 rings (SSSR count). The zero-order valence-corrected chi connectivity index (χ0v) is 11.9. The molecular weight excluding hydrogens is 260 g/mol. The first-order valence-electron chi connectivity index (χ1n) is 7.16. The number of hydrogen-bond donors (Lipinski definition) is 1. The van der Waals surface area contributed by atoms with Gasteiger partial charge < -0.3 is 10.1 Å². The van der Waals surface area contributed by atoms with Crippen molar-refractivity contribution >= 4 is 11.5 Å². The summed E-state index contributed by atoms with van der Waals surface area (Å²) in [5.41, 5.74) is 0.491. The Labute approximate surface area is 117 Å². The highest BCUT2D eigenvalue weighted by atomic mass is 32.1. The van der Waals surface area contributed by atoms with Crippen LogP contribution in [0.3, 0.4) is 0 Å². The van der Waals surface area contributed by atoms with Gasteiger partial charge >= 0.3 is 0 Å². The van der Waals surface area contributed by atoms with E-state index in [1.165, 1.54) is 48.9 Å². The Kier molecular flexibility index (Phi) is 3.06. The maximum Gasteiger partial charge on any atom is 0.0666 e. The van der Waals surface area contributed by atoms with Gasteiger partial charge in [-0.2, -0.15) is 0 Å². The lowest BCUT2D eigenvalue weighted by Crippen LogP contribution is -2.42. The van der Waals surface area contributed by atoms with Crippen LogP contribution in [0.5, 0.6) is 0 Å². The molecule has 19 heavy (non-hydrogen) atoms. The summed E-state index contributed by atoms with van der Waals surface area (Å²) in [6, 6.07) is 0.611. The number of rotatable bonds is 2. The Morgan fingerprint density at radius 1 is 1.42 bits per heavy atom. The number of likely N-dealkylation sites (tertiary alicyclic amines) is 1. The molecule has 104 valence electrons. The zero-order valence-electron chi connectivity index (χ0n) is 11.0. The third-order valence-corrected chi connectivity index (χ3v) is 5.83. The third-order valence-electron chi connectivity index (χ3n) is 5.19. The minimum absolute atomic E-state index is 0.491. The molecule has 0 bridgehead atoms. The summed E-state index contributed by atoms with van der Waals surface area (Å²) in [4.78, 5) is 3.90. The van der Waals surface area contributed by atoms with Crippen LogP contribution < -0.4 is 5.32 Å². The van der Waals surface area contributed by atoms with Crippen molar-refractivity contribution in [2.75, 3.05) is 32.8 Å². The molecule has 3 aliphatic heterocycles. The standard InChI is InChI=1S/C13H20N4OS/c1-3-14-4-2-13(1)9-17(6-10-5-15-16-19-10)12-8-18-7-11(12)13/h5,11-12,14H,1-4,6-9H2/t11-,12+/m1/s1. The van der Waals surface area contributed by atoms with E-state index in [1.807, 2.05) is 6.20 Å². The van der Waals surface area contributed by atoms with Crippen molar-refractivity contribution in [1.29, 1.82) is 0 Å². The van der Waals surface area contributed by atoms with E-state index in [-0.39, 0.29) is 0 Å². The fraction of sp³-hybridized carbons (Fsp3) is 0.846. The lowest BCUT2D eigenvalue weighted by Gasteiger charge is -2.37. The summed E-state index contributed by atoms with van der Waals surface area (Å²) in [5.74, 6) is 0.732. The molecule has 0 aromatic carbocycles. The van der Waals surface area contributed by atoms with E-state index in [0.29, 0.717) is 11.5 Å². The second-order valence-electron chi connectivity index (χ2n) is 6.11. The van der Waals surface area contributed by atoms with Gasteiger partial charge in [-0.15, -0.1) is 5.10 Å². The maximum atomic E-state index is 5.80. The summed E-state index contributed by atoms with van der Waals surface area (Å²) in [7, 11) is 0. The number of ether oxygens (including phenoxy) is 1. The smallest absolute Gasteiger partial charge is 0.0666 e. The molecule has 3 fully saturated rings. The molecule has 0 radical (unpaired) electrons. The van der Waals surface area contributed by atoms with E-state index in [9.17, 15) is 0 Å². The van der Waals surface area contributed by atoms with Gasteiger partial charge in [-0.1, -0.05) is 4.49 Å². The molecule has 1 N–H and O–H groups in total. The number of fused-ring (bicyclic) bond motifs is 2. The maximum absolute atomic E-state index is 5.80. The van der Waals surface area contributed by atoms with Crippen LogP contribution in [0, 0.1) is 11.3 Å². The number of hydrogen-bond acceptors (Lipinski definition) is 6. The summed E-state index contributed by atoms with van der Waals surface area (Å²) in [6.07, 6.45) is 4.51. The average molecular weight is 280 g/mol. The largest absolute Gasteiger partial charge is 0.379 e. The quantitative estimate of drug-likeness (QED) is 0.866. The van der Waals surface area contributed by atoms with Gasteiger partial charge in [0.1, 0.15) is 0 Å². The molecule has 5 nitrogen and oxygen atoms in total. The van der Waals surface area contributed by atoms with Gasteiger partial charge in [-0.05, 0) is 42.9 Å². The lowest BCUT2D eigenvalue weighted by atomic mass is 9.70. The molecule has 0 unspecified atom stereocenters. The highest BCUT2D eigenvalue weighted by Crippen LogP contribution is 2.49. The van der Waals surface area contributed by atoms with Crippen LogP contribution in [0.2, 0.25) is 0 Å². The predicted molar refractivity (Wildman–Crippen MR) is 73.0 cm³/mol. The molecule has 4 heterocycles. The third kappa shape index (κ3) is 2.01. The van der Waals surface area contributed by atoms with Crippen molar-refractivity contribution < 1.29 is 4.74 Å². The molecule has 2 atom stereocenters. The van der Waals surface area contributed by atoms with Crippen LogP contribution in [-0.4, -0.2) is 53.4 Å². The summed E-state index contributed by atoms with van der Waals surface area (Å²) in [6.45, 7) is 6.43. The van der Waals surface area contributed by atoms with Crippen molar-refractivity contribution in [2.45, 2.75) is 25.4 Å². The molecular formula is C13H20N4OS. The Morgan fingerprint density at radius 3 is 3.11 bits per heavy atom. The average Bonchev–Trinajstić information content (AvgIpc) is 3.13. The number of nitrogens with one attached hydrogen (secondary N) is 1. The fourth-order valence-electron chi connectivity index (χ4n) is 4.21. The van der Waals surface area contributed by atoms with Gasteiger partial charge in [-0.25, -0.2) is 0 Å². The van der Waals surface area contributed by atoms with Crippen molar-refractivity contribution in [3.63, 3.8) is 0 Å².